The van der Waals surface area contributed by atoms with Crippen LogP contribution in [-0.2, 0) is 19.0 Å². The molecule has 0 aliphatic carbocycles. The largest absolute Gasteiger partial charge is 0.456 e. The summed E-state index contributed by atoms with van der Waals surface area (Å²) in [5, 5.41) is 9.69. The lowest BCUT2D eigenvalue weighted by molar-refractivity contribution is -0.153. The molecule has 2 aliphatic heterocycles. The summed E-state index contributed by atoms with van der Waals surface area (Å²) >= 11 is 0. The van der Waals surface area contributed by atoms with Crippen LogP contribution in [0.5, 0.6) is 0 Å². The third-order valence-corrected chi connectivity index (χ3v) is 3.24. The summed E-state index contributed by atoms with van der Waals surface area (Å²) in [5.41, 5.74) is 0. The summed E-state index contributed by atoms with van der Waals surface area (Å²) in [6.45, 7) is 5.71. The second kappa shape index (κ2) is 4.99. The van der Waals surface area contributed by atoms with Crippen molar-refractivity contribution >= 4 is 5.97 Å². The second-order valence-corrected chi connectivity index (χ2v) is 5.28. The first kappa shape index (κ1) is 13.5. The van der Waals surface area contributed by atoms with Gasteiger partial charge in [-0.2, -0.15) is 0 Å². The zero-order valence-corrected chi connectivity index (χ0v) is 11.0. The van der Waals surface area contributed by atoms with Gasteiger partial charge in [-0.25, -0.2) is 4.79 Å². The van der Waals surface area contributed by atoms with Crippen LogP contribution in [0.3, 0.4) is 0 Å². The molecule has 5 nitrogen and oxygen atoms in total. The van der Waals surface area contributed by atoms with Crippen LogP contribution >= 0.6 is 0 Å². The van der Waals surface area contributed by atoms with Crippen LogP contribution in [0.25, 0.3) is 0 Å². The van der Waals surface area contributed by atoms with Gasteiger partial charge in [0.25, 0.3) is 0 Å². The van der Waals surface area contributed by atoms with Gasteiger partial charge in [0.1, 0.15) is 12.2 Å². The van der Waals surface area contributed by atoms with Gasteiger partial charge in [0.05, 0.1) is 12.2 Å². The lowest BCUT2D eigenvalue weighted by atomic mass is 10.0. The Labute approximate surface area is 107 Å². The van der Waals surface area contributed by atoms with E-state index in [-0.39, 0.29) is 12.2 Å². The Morgan fingerprint density at radius 3 is 2.56 bits per heavy atom. The molecule has 0 aromatic carbocycles. The molecule has 0 aromatic rings. The fraction of sp³-hybridized carbons (Fsp3) is 0.769. The van der Waals surface area contributed by atoms with Crippen LogP contribution < -0.4 is 0 Å². The van der Waals surface area contributed by atoms with E-state index < -0.39 is 24.0 Å². The lowest BCUT2D eigenvalue weighted by Crippen LogP contribution is -2.34. The van der Waals surface area contributed by atoms with E-state index in [9.17, 15) is 9.90 Å². The van der Waals surface area contributed by atoms with Crippen molar-refractivity contribution in [2.45, 2.75) is 63.8 Å². The number of carbonyl (C=O) groups excluding carboxylic acids is 1. The Hall–Kier alpha value is -0.910. The number of rotatable bonds is 3. The lowest BCUT2D eigenvalue weighted by Gasteiger charge is -2.25. The normalized spacial score (nSPS) is 38.8. The van der Waals surface area contributed by atoms with E-state index in [4.69, 9.17) is 14.2 Å². The smallest absolute Gasteiger partial charge is 0.330 e. The van der Waals surface area contributed by atoms with E-state index in [0.29, 0.717) is 12.8 Å². The predicted octanol–water partition coefficient (Wildman–Crippen LogP) is 1.15. The Balaban J connectivity index is 1.85. The van der Waals surface area contributed by atoms with Crippen molar-refractivity contribution in [1.29, 1.82) is 0 Å². The molecular formula is C13H20O5. The second-order valence-electron chi connectivity index (χ2n) is 5.28. The number of esters is 1. The van der Waals surface area contributed by atoms with Crippen molar-refractivity contribution in [3.63, 3.8) is 0 Å². The molecular weight excluding hydrogens is 236 g/mol. The SMILES string of the molecule is C[C@@H]1OC(C)(C)O[C@H]1CC[C@@H]1OC(=O)C=C[C@@H]1O. The van der Waals surface area contributed by atoms with E-state index in [1.807, 2.05) is 20.8 Å². The highest BCUT2D eigenvalue weighted by molar-refractivity contribution is 5.83. The highest BCUT2D eigenvalue weighted by atomic mass is 16.7. The Morgan fingerprint density at radius 2 is 1.94 bits per heavy atom. The molecule has 1 saturated heterocycles. The van der Waals surface area contributed by atoms with Gasteiger partial charge in [0, 0.05) is 6.08 Å². The fourth-order valence-electron chi connectivity index (χ4n) is 2.42. The summed E-state index contributed by atoms with van der Waals surface area (Å²) in [4.78, 5) is 11.1. The molecule has 102 valence electrons. The van der Waals surface area contributed by atoms with E-state index in [2.05, 4.69) is 0 Å². The highest BCUT2D eigenvalue weighted by Gasteiger charge is 2.39. The number of ether oxygens (including phenoxy) is 3. The van der Waals surface area contributed by atoms with Gasteiger partial charge < -0.3 is 19.3 Å². The van der Waals surface area contributed by atoms with Gasteiger partial charge in [-0.3, -0.25) is 0 Å². The van der Waals surface area contributed by atoms with Crippen molar-refractivity contribution in [1.82, 2.24) is 0 Å². The number of carbonyl (C=O) groups is 1. The third-order valence-electron chi connectivity index (χ3n) is 3.24. The van der Waals surface area contributed by atoms with Crippen LogP contribution in [-0.4, -0.2) is 41.3 Å². The van der Waals surface area contributed by atoms with Gasteiger partial charge in [-0.15, -0.1) is 0 Å². The maximum atomic E-state index is 11.1. The molecule has 5 heteroatoms. The van der Waals surface area contributed by atoms with Gasteiger partial charge in [0.2, 0.25) is 0 Å². The summed E-state index contributed by atoms with van der Waals surface area (Å²) < 4.78 is 16.5. The molecule has 0 aromatic heterocycles. The third kappa shape index (κ3) is 3.10. The molecule has 2 aliphatic rings. The van der Waals surface area contributed by atoms with Crippen LogP contribution in [0.1, 0.15) is 33.6 Å². The molecule has 2 rings (SSSR count). The van der Waals surface area contributed by atoms with Crippen molar-refractivity contribution in [3.05, 3.63) is 12.2 Å². The molecule has 0 bridgehead atoms. The molecule has 0 unspecified atom stereocenters. The molecule has 4 atom stereocenters. The number of aliphatic hydroxyl groups excluding tert-OH is 1. The average molecular weight is 256 g/mol. The molecule has 1 fully saturated rings. The summed E-state index contributed by atoms with van der Waals surface area (Å²) in [6, 6.07) is 0. The number of cyclic esters (lactones) is 1. The quantitative estimate of drug-likeness (QED) is 0.767. The van der Waals surface area contributed by atoms with Gasteiger partial charge in [-0.05, 0) is 39.7 Å². The zero-order chi connectivity index (χ0) is 13.3. The number of aliphatic hydroxyl groups is 1. The molecule has 0 saturated carbocycles. The first-order valence-electron chi connectivity index (χ1n) is 6.30. The standard InChI is InChI=1S/C13H20O5/c1-8-10(18-13(2,3)17-8)5-6-11-9(14)4-7-12(15)16-11/h4,7-11,14H,5-6H2,1-3H3/t8-,9-,10-,11-/m0/s1. The first-order valence-corrected chi connectivity index (χ1v) is 6.30. The summed E-state index contributed by atoms with van der Waals surface area (Å²) in [5.74, 6) is -0.964. The molecule has 1 N–H and O–H groups in total. The van der Waals surface area contributed by atoms with E-state index in [1.54, 1.807) is 0 Å². The monoisotopic (exact) mass is 256 g/mol. The van der Waals surface area contributed by atoms with Crippen molar-refractivity contribution in [2.75, 3.05) is 0 Å². The Bertz CT molecular complexity index is 349. The molecule has 18 heavy (non-hydrogen) atoms. The summed E-state index contributed by atoms with van der Waals surface area (Å²) in [6.07, 6.45) is 2.73. The first-order chi connectivity index (χ1) is 8.37. The topological polar surface area (TPSA) is 65.0 Å². The molecule has 0 radical (unpaired) electrons. The van der Waals surface area contributed by atoms with Gasteiger partial charge >= 0.3 is 5.97 Å². The van der Waals surface area contributed by atoms with Crippen LogP contribution in [0, 0.1) is 0 Å². The zero-order valence-electron chi connectivity index (χ0n) is 11.0. The Morgan fingerprint density at radius 1 is 1.28 bits per heavy atom. The van der Waals surface area contributed by atoms with Gasteiger partial charge in [-0.1, -0.05) is 0 Å². The van der Waals surface area contributed by atoms with Crippen molar-refractivity contribution < 1.29 is 24.1 Å². The maximum absolute atomic E-state index is 11.1. The van der Waals surface area contributed by atoms with E-state index >= 15 is 0 Å². The number of hydrogen-bond acceptors (Lipinski definition) is 5. The van der Waals surface area contributed by atoms with Gasteiger partial charge in [0.15, 0.2) is 5.79 Å². The van der Waals surface area contributed by atoms with Crippen LogP contribution in [0.2, 0.25) is 0 Å². The van der Waals surface area contributed by atoms with Crippen LogP contribution in [0.15, 0.2) is 12.2 Å². The van der Waals surface area contributed by atoms with Crippen LogP contribution in [0.4, 0.5) is 0 Å². The fourth-order valence-corrected chi connectivity index (χ4v) is 2.42. The minimum absolute atomic E-state index is 0.00646. The number of hydrogen-bond donors (Lipinski definition) is 1. The Kier molecular flexibility index (Phi) is 3.75. The molecule has 2 heterocycles. The van der Waals surface area contributed by atoms with E-state index in [0.717, 1.165) is 0 Å². The van der Waals surface area contributed by atoms with Crippen molar-refractivity contribution in [2.24, 2.45) is 0 Å². The summed E-state index contributed by atoms with van der Waals surface area (Å²) in [7, 11) is 0. The maximum Gasteiger partial charge on any atom is 0.330 e. The minimum Gasteiger partial charge on any atom is -0.456 e. The minimum atomic E-state index is -0.728. The van der Waals surface area contributed by atoms with Crippen molar-refractivity contribution in [3.8, 4) is 0 Å². The predicted molar refractivity (Wildman–Crippen MR) is 63.8 cm³/mol. The molecule has 0 spiro atoms. The highest BCUT2D eigenvalue weighted by Crippen LogP contribution is 2.31. The van der Waals surface area contributed by atoms with E-state index in [1.165, 1.54) is 12.2 Å². The average Bonchev–Trinajstić information content (AvgIpc) is 2.53. The molecule has 0 amide bonds.